The summed E-state index contributed by atoms with van der Waals surface area (Å²) in [7, 11) is 0. The second-order valence-corrected chi connectivity index (χ2v) is 4.64. The zero-order valence-electron chi connectivity index (χ0n) is 11.4. The molecule has 2 rings (SSSR count). The van der Waals surface area contributed by atoms with E-state index in [0.717, 1.165) is 17.7 Å². The van der Waals surface area contributed by atoms with Crippen molar-refractivity contribution in [3.05, 3.63) is 59.2 Å². The molecule has 104 valence electrons. The third-order valence-corrected chi connectivity index (χ3v) is 3.19. The van der Waals surface area contributed by atoms with Crippen LogP contribution >= 0.6 is 0 Å². The van der Waals surface area contributed by atoms with Gasteiger partial charge in [-0.05, 0) is 49.7 Å². The number of amides is 1. The highest BCUT2D eigenvalue weighted by molar-refractivity contribution is 6.05. The average molecular weight is 270 g/mol. The summed E-state index contributed by atoms with van der Waals surface area (Å²) in [6.07, 6.45) is 0.819. The van der Waals surface area contributed by atoms with E-state index in [0.29, 0.717) is 17.7 Å². The van der Waals surface area contributed by atoms with Gasteiger partial charge in [0.05, 0.1) is 0 Å². The highest BCUT2D eigenvalue weighted by Crippen LogP contribution is 2.20. The number of phenolic OH excluding ortho intramolecular Hbond substituents is 1. The van der Waals surface area contributed by atoms with Crippen molar-refractivity contribution in [2.75, 3.05) is 11.9 Å². The Labute approximate surface area is 118 Å². The number of nitrogens with two attached hydrogens (primary N) is 1. The van der Waals surface area contributed by atoms with Gasteiger partial charge in [-0.1, -0.05) is 18.2 Å². The SMILES string of the molecule is Cc1c(O)cccc1C(=O)Nc1ccc(CCN)cc1. The Bertz CT molecular complexity index is 606. The number of rotatable bonds is 4. The van der Waals surface area contributed by atoms with Crippen molar-refractivity contribution in [3.63, 3.8) is 0 Å². The lowest BCUT2D eigenvalue weighted by molar-refractivity contribution is 0.102. The van der Waals surface area contributed by atoms with Gasteiger partial charge in [-0.15, -0.1) is 0 Å². The molecule has 2 aromatic rings. The van der Waals surface area contributed by atoms with E-state index in [4.69, 9.17) is 5.73 Å². The summed E-state index contributed by atoms with van der Waals surface area (Å²) in [6.45, 7) is 2.32. The van der Waals surface area contributed by atoms with Crippen molar-refractivity contribution in [1.29, 1.82) is 0 Å². The minimum Gasteiger partial charge on any atom is -0.508 e. The molecule has 2 aromatic carbocycles. The number of aromatic hydroxyl groups is 1. The molecule has 4 N–H and O–H groups in total. The van der Waals surface area contributed by atoms with Crippen LogP contribution in [0.15, 0.2) is 42.5 Å². The molecule has 0 spiro atoms. The van der Waals surface area contributed by atoms with Gasteiger partial charge in [0.25, 0.3) is 5.91 Å². The molecular formula is C16H18N2O2. The van der Waals surface area contributed by atoms with Gasteiger partial charge in [0, 0.05) is 16.8 Å². The molecule has 0 aliphatic rings. The van der Waals surface area contributed by atoms with E-state index in [9.17, 15) is 9.90 Å². The molecule has 4 nitrogen and oxygen atoms in total. The maximum Gasteiger partial charge on any atom is 0.256 e. The van der Waals surface area contributed by atoms with Crippen LogP contribution in [-0.4, -0.2) is 17.6 Å². The number of carbonyl (C=O) groups excluding carboxylic acids is 1. The zero-order valence-corrected chi connectivity index (χ0v) is 11.4. The molecule has 4 heteroatoms. The topological polar surface area (TPSA) is 75.3 Å². The molecule has 0 atom stereocenters. The second-order valence-electron chi connectivity index (χ2n) is 4.64. The fourth-order valence-electron chi connectivity index (χ4n) is 1.99. The summed E-state index contributed by atoms with van der Waals surface area (Å²) in [6, 6.07) is 12.5. The van der Waals surface area contributed by atoms with E-state index in [1.54, 1.807) is 25.1 Å². The minimum atomic E-state index is -0.232. The Hall–Kier alpha value is -2.33. The van der Waals surface area contributed by atoms with Crippen LogP contribution in [0.1, 0.15) is 21.5 Å². The first-order chi connectivity index (χ1) is 9.61. The molecular weight excluding hydrogens is 252 g/mol. The maximum atomic E-state index is 12.2. The number of phenols is 1. The zero-order chi connectivity index (χ0) is 14.5. The number of benzene rings is 2. The second kappa shape index (κ2) is 6.21. The van der Waals surface area contributed by atoms with Gasteiger partial charge in [-0.25, -0.2) is 0 Å². The van der Waals surface area contributed by atoms with Crippen LogP contribution in [0.25, 0.3) is 0 Å². The van der Waals surface area contributed by atoms with Gasteiger partial charge in [0.2, 0.25) is 0 Å². The van der Waals surface area contributed by atoms with Crippen molar-refractivity contribution >= 4 is 11.6 Å². The van der Waals surface area contributed by atoms with E-state index in [-0.39, 0.29) is 11.7 Å². The summed E-state index contributed by atoms with van der Waals surface area (Å²) in [4.78, 5) is 12.2. The summed E-state index contributed by atoms with van der Waals surface area (Å²) < 4.78 is 0. The number of nitrogens with one attached hydrogen (secondary N) is 1. The largest absolute Gasteiger partial charge is 0.508 e. The van der Waals surface area contributed by atoms with Crippen molar-refractivity contribution in [1.82, 2.24) is 0 Å². The van der Waals surface area contributed by atoms with Gasteiger partial charge in [0.15, 0.2) is 0 Å². The lowest BCUT2D eigenvalue weighted by Gasteiger charge is -2.09. The summed E-state index contributed by atoms with van der Waals surface area (Å²) in [5.41, 5.74) is 8.39. The summed E-state index contributed by atoms with van der Waals surface area (Å²) in [5, 5.41) is 12.4. The van der Waals surface area contributed by atoms with Crippen molar-refractivity contribution in [2.24, 2.45) is 5.73 Å². The van der Waals surface area contributed by atoms with Gasteiger partial charge in [0.1, 0.15) is 5.75 Å². The third kappa shape index (κ3) is 3.16. The number of anilines is 1. The van der Waals surface area contributed by atoms with Crippen LogP contribution in [0.3, 0.4) is 0 Å². The van der Waals surface area contributed by atoms with Crippen molar-refractivity contribution in [2.45, 2.75) is 13.3 Å². The van der Waals surface area contributed by atoms with E-state index in [2.05, 4.69) is 5.32 Å². The predicted molar refractivity (Wildman–Crippen MR) is 80.0 cm³/mol. The third-order valence-electron chi connectivity index (χ3n) is 3.19. The summed E-state index contributed by atoms with van der Waals surface area (Å²) in [5.74, 6) is -0.110. The molecule has 0 aliphatic carbocycles. The smallest absolute Gasteiger partial charge is 0.256 e. The first-order valence-electron chi connectivity index (χ1n) is 6.50. The Morgan fingerprint density at radius 2 is 1.90 bits per heavy atom. The predicted octanol–water partition coefficient (Wildman–Crippen LogP) is 2.45. The van der Waals surface area contributed by atoms with Crippen LogP contribution in [-0.2, 0) is 6.42 Å². The van der Waals surface area contributed by atoms with Gasteiger partial charge < -0.3 is 16.2 Å². The normalized spacial score (nSPS) is 10.3. The first kappa shape index (κ1) is 14.1. The fourth-order valence-corrected chi connectivity index (χ4v) is 1.99. The molecule has 0 heterocycles. The van der Waals surface area contributed by atoms with Gasteiger partial charge >= 0.3 is 0 Å². The molecule has 1 amide bonds. The van der Waals surface area contributed by atoms with Crippen LogP contribution in [0.4, 0.5) is 5.69 Å². The lowest BCUT2D eigenvalue weighted by Crippen LogP contribution is -2.13. The summed E-state index contributed by atoms with van der Waals surface area (Å²) >= 11 is 0. The Morgan fingerprint density at radius 1 is 1.20 bits per heavy atom. The first-order valence-corrected chi connectivity index (χ1v) is 6.50. The number of hydrogen-bond acceptors (Lipinski definition) is 3. The molecule has 0 fully saturated rings. The molecule has 0 aliphatic heterocycles. The Kier molecular flexibility index (Phi) is 4.38. The van der Waals surface area contributed by atoms with E-state index >= 15 is 0 Å². The molecule has 20 heavy (non-hydrogen) atoms. The molecule has 0 saturated heterocycles. The monoisotopic (exact) mass is 270 g/mol. The standard InChI is InChI=1S/C16H18N2O2/c1-11-14(3-2-4-15(11)19)16(20)18-13-7-5-12(6-8-13)9-10-17/h2-8,19H,9-10,17H2,1H3,(H,18,20). The molecule has 0 saturated carbocycles. The van der Waals surface area contributed by atoms with Gasteiger partial charge in [-0.2, -0.15) is 0 Å². The Balaban J connectivity index is 2.13. The van der Waals surface area contributed by atoms with E-state index < -0.39 is 0 Å². The average Bonchev–Trinajstić information content (AvgIpc) is 2.44. The molecule has 0 unspecified atom stereocenters. The fraction of sp³-hybridized carbons (Fsp3) is 0.188. The molecule has 0 bridgehead atoms. The van der Waals surface area contributed by atoms with Crippen molar-refractivity contribution in [3.8, 4) is 5.75 Å². The lowest BCUT2D eigenvalue weighted by atomic mass is 10.1. The molecule has 0 radical (unpaired) electrons. The Morgan fingerprint density at radius 3 is 2.55 bits per heavy atom. The van der Waals surface area contributed by atoms with Gasteiger partial charge in [-0.3, -0.25) is 4.79 Å². The van der Waals surface area contributed by atoms with Crippen molar-refractivity contribution < 1.29 is 9.90 Å². The van der Waals surface area contributed by atoms with Crippen LogP contribution in [0.2, 0.25) is 0 Å². The highest BCUT2D eigenvalue weighted by Gasteiger charge is 2.11. The number of carbonyl (C=O) groups is 1. The minimum absolute atomic E-state index is 0.121. The molecule has 0 aromatic heterocycles. The quantitative estimate of drug-likeness (QED) is 0.798. The van der Waals surface area contributed by atoms with E-state index in [1.165, 1.54) is 0 Å². The number of hydrogen-bond donors (Lipinski definition) is 3. The van der Waals surface area contributed by atoms with Crippen LogP contribution < -0.4 is 11.1 Å². The maximum absolute atomic E-state index is 12.2. The highest BCUT2D eigenvalue weighted by atomic mass is 16.3. The van der Waals surface area contributed by atoms with Crippen LogP contribution in [0, 0.1) is 6.92 Å². The van der Waals surface area contributed by atoms with E-state index in [1.807, 2.05) is 24.3 Å². The van der Waals surface area contributed by atoms with Crippen LogP contribution in [0.5, 0.6) is 5.75 Å².